The van der Waals surface area contributed by atoms with Crippen molar-refractivity contribution in [1.82, 2.24) is 15.1 Å². The highest BCUT2D eigenvalue weighted by atomic mass is 16.5. The molecule has 0 aliphatic carbocycles. The zero-order chi connectivity index (χ0) is 14.4. The molecule has 0 radical (unpaired) electrons. The summed E-state index contributed by atoms with van der Waals surface area (Å²) in [4.78, 5) is 24.9. The van der Waals surface area contributed by atoms with Gasteiger partial charge in [-0.3, -0.25) is 4.79 Å². The molecule has 0 spiro atoms. The number of carbonyl (C=O) groups is 2. The Hall–Kier alpha value is -2.18. The highest BCUT2D eigenvalue weighted by Crippen LogP contribution is 2.09. The van der Waals surface area contributed by atoms with Crippen molar-refractivity contribution in [2.45, 2.75) is 19.3 Å². The van der Waals surface area contributed by atoms with Crippen molar-refractivity contribution in [1.29, 1.82) is 0 Å². The molecule has 0 saturated carbocycles. The van der Waals surface area contributed by atoms with Crippen LogP contribution in [0.4, 0.5) is 5.82 Å². The predicted octanol–water partition coefficient (Wildman–Crippen LogP) is 0.688. The van der Waals surface area contributed by atoms with Crippen LogP contribution in [0.1, 0.15) is 29.8 Å². The first-order valence-corrected chi connectivity index (χ1v) is 6.64. The number of nitrogens with one attached hydrogen (secondary N) is 1. The maximum absolute atomic E-state index is 11.8. The smallest absolute Gasteiger partial charge is 0.358 e. The highest BCUT2D eigenvalue weighted by molar-refractivity contribution is 5.86. The molecular formula is C13H18N4O3. The van der Waals surface area contributed by atoms with Crippen LogP contribution in [-0.2, 0) is 9.53 Å². The molecule has 7 nitrogen and oxygen atoms in total. The van der Waals surface area contributed by atoms with Crippen molar-refractivity contribution in [2.75, 3.05) is 32.1 Å². The van der Waals surface area contributed by atoms with Gasteiger partial charge in [-0.1, -0.05) is 0 Å². The normalized spacial score (nSPS) is 14.2. The molecule has 2 rings (SSSR count). The van der Waals surface area contributed by atoms with E-state index in [9.17, 15) is 9.59 Å². The quantitative estimate of drug-likeness (QED) is 0.798. The van der Waals surface area contributed by atoms with Gasteiger partial charge in [-0.2, -0.15) is 0 Å². The summed E-state index contributed by atoms with van der Waals surface area (Å²) < 4.78 is 4.53. The molecule has 0 unspecified atom stereocenters. The lowest BCUT2D eigenvalue weighted by atomic mass is 10.3. The van der Waals surface area contributed by atoms with Crippen molar-refractivity contribution in [3.63, 3.8) is 0 Å². The summed E-state index contributed by atoms with van der Waals surface area (Å²) in [5.74, 6) is 0.175. The van der Waals surface area contributed by atoms with Crippen LogP contribution in [0.2, 0.25) is 0 Å². The minimum Gasteiger partial charge on any atom is -0.464 e. The third kappa shape index (κ3) is 3.66. The van der Waals surface area contributed by atoms with Crippen molar-refractivity contribution in [2.24, 2.45) is 0 Å². The van der Waals surface area contributed by atoms with E-state index in [1.807, 2.05) is 4.90 Å². The lowest BCUT2D eigenvalue weighted by Crippen LogP contribution is -2.29. The first-order chi connectivity index (χ1) is 9.70. The lowest BCUT2D eigenvalue weighted by Gasteiger charge is -2.15. The van der Waals surface area contributed by atoms with E-state index in [1.165, 1.54) is 13.2 Å². The Kier molecular flexibility index (Phi) is 4.86. The minimum absolute atomic E-state index is 0.159. The molecule has 108 valence electrons. The molecule has 0 bridgehead atoms. The number of ether oxygens (including phenoxy) is 1. The average molecular weight is 278 g/mol. The fourth-order valence-electron chi connectivity index (χ4n) is 2.06. The van der Waals surface area contributed by atoms with Gasteiger partial charge >= 0.3 is 5.97 Å². The SMILES string of the molecule is COC(=O)c1ccc(NCCC(=O)N2CCCC2)nn1. The number of amides is 1. The van der Waals surface area contributed by atoms with Gasteiger partial charge in [-0.05, 0) is 25.0 Å². The summed E-state index contributed by atoms with van der Waals surface area (Å²) in [6.07, 6.45) is 2.62. The maximum Gasteiger partial charge on any atom is 0.358 e. The van der Waals surface area contributed by atoms with Gasteiger partial charge in [-0.15, -0.1) is 10.2 Å². The second-order valence-corrected chi connectivity index (χ2v) is 4.56. The number of methoxy groups -OCH3 is 1. The number of hydrogen-bond acceptors (Lipinski definition) is 6. The Balaban J connectivity index is 1.76. The summed E-state index contributed by atoms with van der Waals surface area (Å²) >= 11 is 0. The molecule has 1 saturated heterocycles. The number of likely N-dealkylation sites (tertiary alicyclic amines) is 1. The van der Waals surface area contributed by atoms with Gasteiger partial charge in [0, 0.05) is 26.1 Å². The molecule has 1 N–H and O–H groups in total. The van der Waals surface area contributed by atoms with Crippen molar-refractivity contribution in [3.05, 3.63) is 17.8 Å². The molecule has 7 heteroatoms. The second kappa shape index (κ2) is 6.83. The molecule has 1 aromatic rings. The monoisotopic (exact) mass is 278 g/mol. The number of esters is 1. The Morgan fingerprint density at radius 3 is 2.65 bits per heavy atom. The molecule has 1 amide bonds. The van der Waals surface area contributed by atoms with E-state index in [4.69, 9.17) is 0 Å². The number of nitrogens with zero attached hydrogens (tertiary/aromatic N) is 3. The fourth-order valence-corrected chi connectivity index (χ4v) is 2.06. The van der Waals surface area contributed by atoms with E-state index in [-0.39, 0.29) is 11.6 Å². The van der Waals surface area contributed by atoms with E-state index in [0.29, 0.717) is 18.8 Å². The first-order valence-electron chi connectivity index (χ1n) is 6.64. The van der Waals surface area contributed by atoms with Crippen LogP contribution >= 0.6 is 0 Å². The summed E-state index contributed by atoms with van der Waals surface area (Å²) in [5, 5.41) is 10.6. The van der Waals surface area contributed by atoms with Crippen LogP contribution in [0, 0.1) is 0 Å². The Labute approximate surface area is 117 Å². The third-order valence-corrected chi connectivity index (χ3v) is 3.16. The zero-order valence-corrected chi connectivity index (χ0v) is 11.5. The maximum atomic E-state index is 11.8. The molecule has 2 heterocycles. The van der Waals surface area contributed by atoms with Crippen LogP contribution in [-0.4, -0.2) is 53.7 Å². The predicted molar refractivity (Wildman–Crippen MR) is 72.3 cm³/mol. The molecule has 1 aliphatic rings. The van der Waals surface area contributed by atoms with Gasteiger partial charge < -0.3 is 15.0 Å². The van der Waals surface area contributed by atoms with Crippen molar-refractivity contribution >= 4 is 17.7 Å². The Morgan fingerprint density at radius 2 is 2.05 bits per heavy atom. The highest BCUT2D eigenvalue weighted by Gasteiger charge is 2.17. The summed E-state index contributed by atoms with van der Waals surface area (Å²) in [5.41, 5.74) is 0.159. The van der Waals surface area contributed by atoms with Gasteiger partial charge in [-0.25, -0.2) is 4.79 Å². The Morgan fingerprint density at radius 1 is 1.30 bits per heavy atom. The van der Waals surface area contributed by atoms with Crippen molar-refractivity contribution in [3.8, 4) is 0 Å². The van der Waals surface area contributed by atoms with E-state index in [1.54, 1.807) is 6.07 Å². The zero-order valence-electron chi connectivity index (χ0n) is 11.5. The average Bonchev–Trinajstić information content (AvgIpc) is 3.01. The largest absolute Gasteiger partial charge is 0.464 e. The lowest BCUT2D eigenvalue weighted by molar-refractivity contribution is -0.129. The van der Waals surface area contributed by atoms with Crippen LogP contribution in [0.25, 0.3) is 0 Å². The summed E-state index contributed by atoms with van der Waals surface area (Å²) in [7, 11) is 1.29. The number of aromatic nitrogens is 2. The van der Waals surface area contributed by atoms with Gasteiger partial charge in [0.15, 0.2) is 5.69 Å². The minimum atomic E-state index is -0.520. The van der Waals surface area contributed by atoms with Gasteiger partial charge in [0.05, 0.1) is 7.11 Å². The molecule has 1 aromatic heterocycles. The molecule has 1 fully saturated rings. The van der Waals surface area contributed by atoms with Gasteiger partial charge in [0.25, 0.3) is 0 Å². The summed E-state index contributed by atoms with van der Waals surface area (Å²) in [6, 6.07) is 3.17. The first kappa shape index (κ1) is 14.2. The van der Waals surface area contributed by atoms with E-state index < -0.39 is 5.97 Å². The van der Waals surface area contributed by atoms with Gasteiger partial charge in [0.1, 0.15) is 5.82 Å². The van der Waals surface area contributed by atoms with Gasteiger partial charge in [0.2, 0.25) is 5.91 Å². The fraction of sp³-hybridized carbons (Fsp3) is 0.538. The van der Waals surface area contributed by atoms with E-state index in [2.05, 4.69) is 20.3 Å². The summed E-state index contributed by atoms with van der Waals surface area (Å²) in [6.45, 7) is 2.24. The van der Waals surface area contributed by atoms with Crippen LogP contribution < -0.4 is 5.32 Å². The molecule has 0 atom stereocenters. The van der Waals surface area contributed by atoms with E-state index >= 15 is 0 Å². The third-order valence-electron chi connectivity index (χ3n) is 3.16. The van der Waals surface area contributed by atoms with Crippen LogP contribution in [0.3, 0.4) is 0 Å². The number of carbonyl (C=O) groups excluding carboxylic acids is 2. The van der Waals surface area contributed by atoms with Crippen molar-refractivity contribution < 1.29 is 14.3 Å². The van der Waals surface area contributed by atoms with Crippen LogP contribution in [0.5, 0.6) is 0 Å². The number of rotatable bonds is 5. The number of hydrogen-bond donors (Lipinski definition) is 1. The molecular weight excluding hydrogens is 260 g/mol. The topological polar surface area (TPSA) is 84.4 Å². The second-order valence-electron chi connectivity index (χ2n) is 4.56. The standard InChI is InChI=1S/C13H18N4O3/c1-20-13(19)10-4-5-11(16-15-10)14-7-6-12(18)17-8-2-3-9-17/h4-5H,2-3,6-9H2,1H3,(H,14,16). The number of anilines is 1. The molecule has 0 aromatic carbocycles. The molecule has 20 heavy (non-hydrogen) atoms. The Bertz CT molecular complexity index is 469. The van der Waals surface area contributed by atoms with E-state index in [0.717, 1.165) is 25.9 Å². The molecule has 1 aliphatic heterocycles. The van der Waals surface area contributed by atoms with Crippen LogP contribution in [0.15, 0.2) is 12.1 Å².